The Morgan fingerprint density at radius 1 is 1.44 bits per heavy atom. The highest BCUT2D eigenvalue weighted by Crippen LogP contribution is 2.20. The van der Waals surface area contributed by atoms with Crippen molar-refractivity contribution in [3.05, 3.63) is 34.6 Å². The molecule has 1 aromatic heterocycles. The number of thioether (sulfide) groups is 1. The zero-order valence-electron chi connectivity index (χ0n) is 13.0. The number of nitrogens with one attached hydrogen (secondary N) is 1. The number of aromatic nitrogens is 3. The van der Waals surface area contributed by atoms with E-state index in [4.69, 9.17) is 10.6 Å². The summed E-state index contributed by atoms with van der Waals surface area (Å²) in [5.74, 6) is 6.79. The molecule has 1 fully saturated rings. The Bertz CT molecular complexity index is 799. The fourth-order valence-corrected chi connectivity index (χ4v) is 3.25. The Morgan fingerprint density at radius 2 is 2.28 bits per heavy atom. The summed E-state index contributed by atoms with van der Waals surface area (Å²) in [6.45, 7) is 0.988. The van der Waals surface area contributed by atoms with Gasteiger partial charge in [-0.1, -0.05) is 33.8 Å². The summed E-state index contributed by atoms with van der Waals surface area (Å²) in [6.07, 6.45) is 0. The molecule has 1 saturated heterocycles. The van der Waals surface area contributed by atoms with E-state index in [1.54, 1.807) is 0 Å². The van der Waals surface area contributed by atoms with Crippen molar-refractivity contribution in [2.75, 3.05) is 24.7 Å². The number of amides is 3. The van der Waals surface area contributed by atoms with Crippen LogP contribution in [0.3, 0.4) is 0 Å². The van der Waals surface area contributed by atoms with Gasteiger partial charge in [0, 0.05) is 17.6 Å². The van der Waals surface area contributed by atoms with Crippen molar-refractivity contribution < 1.29 is 14.3 Å². The maximum absolute atomic E-state index is 12.0. The number of ether oxygens (including phenoxy) is 1. The van der Waals surface area contributed by atoms with Crippen LogP contribution in [-0.2, 0) is 11.4 Å². The van der Waals surface area contributed by atoms with Gasteiger partial charge >= 0.3 is 6.03 Å². The standard InChI is InChI=1S/C14H15BrN6O3S/c15-9-2-1-3-10(6-9)24-7-11-18-19-14(21(11)16)25-8-12(22)20-5-4-17-13(20)23/h1-3,6H,4-5,7-8,16H2,(H,17,23). The van der Waals surface area contributed by atoms with Crippen molar-refractivity contribution in [1.82, 2.24) is 25.1 Å². The van der Waals surface area contributed by atoms with Crippen LogP contribution in [-0.4, -0.2) is 50.6 Å². The fraction of sp³-hybridized carbons (Fsp3) is 0.286. The maximum Gasteiger partial charge on any atom is 0.324 e. The SMILES string of the molecule is Nn1c(COc2cccc(Br)c2)nnc1SCC(=O)N1CCNC1=O. The third-order valence-corrected chi connectivity index (χ3v) is 4.80. The van der Waals surface area contributed by atoms with Gasteiger partial charge in [-0.15, -0.1) is 10.2 Å². The number of carbonyl (C=O) groups excluding carboxylic acids is 2. The molecule has 1 aromatic carbocycles. The highest BCUT2D eigenvalue weighted by Gasteiger charge is 2.26. The molecule has 1 aliphatic rings. The number of hydrogen-bond acceptors (Lipinski definition) is 7. The number of hydrogen-bond donors (Lipinski definition) is 2. The normalized spacial score (nSPS) is 13.8. The topological polar surface area (TPSA) is 115 Å². The van der Waals surface area contributed by atoms with Crippen LogP contribution in [0.15, 0.2) is 33.9 Å². The smallest absolute Gasteiger partial charge is 0.324 e. The molecule has 0 bridgehead atoms. The fourth-order valence-electron chi connectivity index (χ4n) is 2.12. The molecule has 0 atom stereocenters. The molecule has 0 radical (unpaired) electrons. The van der Waals surface area contributed by atoms with E-state index in [1.807, 2.05) is 24.3 Å². The molecule has 0 aliphatic carbocycles. The molecule has 1 aliphatic heterocycles. The van der Waals surface area contributed by atoms with Crippen LogP contribution in [0.2, 0.25) is 0 Å². The highest BCUT2D eigenvalue weighted by molar-refractivity contribution is 9.10. The predicted octanol–water partition coefficient (Wildman–Crippen LogP) is 0.977. The first kappa shape index (κ1) is 17.5. The molecule has 2 heterocycles. The van der Waals surface area contributed by atoms with E-state index in [1.165, 1.54) is 9.58 Å². The molecule has 11 heteroatoms. The minimum atomic E-state index is -0.372. The molecule has 3 rings (SSSR count). The number of nitrogens with two attached hydrogens (primary N) is 1. The highest BCUT2D eigenvalue weighted by atomic mass is 79.9. The summed E-state index contributed by atoms with van der Waals surface area (Å²) in [5.41, 5.74) is 0. The van der Waals surface area contributed by atoms with Crippen LogP contribution in [0, 0.1) is 0 Å². The lowest BCUT2D eigenvalue weighted by molar-refractivity contribution is -0.124. The molecule has 0 spiro atoms. The first-order valence-corrected chi connectivity index (χ1v) is 9.11. The lowest BCUT2D eigenvalue weighted by atomic mass is 10.3. The van der Waals surface area contributed by atoms with E-state index >= 15 is 0 Å². The van der Waals surface area contributed by atoms with Gasteiger partial charge < -0.3 is 15.9 Å². The van der Waals surface area contributed by atoms with Gasteiger partial charge in [0.15, 0.2) is 5.82 Å². The number of urea groups is 1. The molecule has 2 aromatic rings. The first-order valence-electron chi connectivity index (χ1n) is 7.33. The van der Waals surface area contributed by atoms with Gasteiger partial charge in [-0.3, -0.25) is 9.69 Å². The van der Waals surface area contributed by atoms with Crippen molar-refractivity contribution >= 4 is 39.6 Å². The average molecular weight is 427 g/mol. The van der Waals surface area contributed by atoms with Gasteiger partial charge in [0.1, 0.15) is 12.4 Å². The van der Waals surface area contributed by atoms with E-state index in [-0.39, 0.29) is 24.3 Å². The summed E-state index contributed by atoms with van der Waals surface area (Å²) < 4.78 is 7.80. The van der Waals surface area contributed by atoms with Crippen molar-refractivity contribution in [2.45, 2.75) is 11.8 Å². The zero-order chi connectivity index (χ0) is 17.8. The second-order valence-corrected chi connectivity index (χ2v) is 6.94. The number of carbonyl (C=O) groups is 2. The molecule has 9 nitrogen and oxygen atoms in total. The van der Waals surface area contributed by atoms with Crippen LogP contribution in [0.5, 0.6) is 5.75 Å². The quantitative estimate of drug-likeness (QED) is 0.522. The van der Waals surface area contributed by atoms with Crippen LogP contribution in [0.1, 0.15) is 5.82 Å². The second kappa shape index (κ2) is 7.74. The van der Waals surface area contributed by atoms with Crippen molar-refractivity contribution in [3.8, 4) is 5.75 Å². The number of imide groups is 1. The minimum Gasteiger partial charge on any atom is -0.485 e. The van der Waals surface area contributed by atoms with Gasteiger partial charge in [0.2, 0.25) is 11.1 Å². The summed E-state index contributed by atoms with van der Waals surface area (Å²) in [5, 5.41) is 10.9. The Labute approximate surface area is 156 Å². The van der Waals surface area contributed by atoms with Gasteiger partial charge in [0.05, 0.1) is 5.75 Å². The third kappa shape index (κ3) is 4.23. The van der Waals surface area contributed by atoms with Gasteiger partial charge in [-0.25, -0.2) is 9.47 Å². The number of nitrogen functional groups attached to an aromatic ring is 1. The van der Waals surface area contributed by atoms with Crippen LogP contribution < -0.4 is 15.9 Å². The molecule has 3 N–H and O–H groups in total. The molecule has 25 heavy (non-hydrogen) atoms. The summed E-state index contributed by atoms with van der Waals surface area (Å²) in [7, 11) is 0. The van der Waals surface area contributed by atoms with Gasteiger partial charge in [-0.2, -0.15) is 0 Å². The van der Waals surface area contributed by atoms with E-state index < -0.39 is 0 Å². The molecule has 0 unspecified atom stereocenters. The number of rotatable bonds is 6. The summed E-state index contributed by atoms with van der Waals surface area (Å²) in [4.78, 5) is 24.6. The molecule has 0 saturated carbocycles. The Kier molecular flexibility index (Phi) is 5.43. The van der Waals surface area contributed by atoms with E-state index in [9.17, 15) is 9.59 Å². The molecular weight excluding hydrogens is 412 g/mol. The Balaban J connectivity index is 1.55. The Morgan fingerprint density at radius 3 is 3.00 bits per heavy atom. The largest absolute Gasteiger partial charge is 0.485 e. The molecule has 3 amide bonds. The van der Waals surface area contributed by atoms with Crippen LogP contribution >= 0.6 is 27.7 Å². The predicted molar refractivity (Wildman–Crippen MR) is 94.5 cm³/mol. The van der Waals surface area contributed by atoms with Crippen molar-refractivity contribution in [1.29, 1.82) is 0 Å². The van der Waals surface area contributed by atoms with E-state index in [0.29, 0.717) is 29.8 Å². The van der Waals surface area contributed by atoms with E-state index in [0.717, 1.165) is 16.2 Å². The lowest BCUT2D eigenvalue weighted by Crippen LogP contribution is -2.35. The summed E-state index contributed by atoms with van der Waals surface area (Å²) in [6, 6.07) is 7.02. The lowest BCUT2D eigenvalue weighted by Gasteiger charge is -2.11. The van der Waals surface area contributed by atoms with Gasteiger partial charge in [-0.05, 0) is 18.2 Å². The summed E-state index contributed by atoms with van der Waals surface area (Å²) >= 11 is 4.49. The maximum atomic E-state index is 12.0. The second-order valence-electron chi connectivity index (χ2n) is 5.08. The Hall–Kier alpha value is -2.27. The molecular formula is C14H15BrN6O3S. The monoisotopic (exact) mass is 426 g/mol. The van der Waals surface area contributed by atoms with Crippen LogP contribution in [0.25, 0.3) is 0 Å². The van der Waals surface area contributed by atoms with Crippen molar-refractivity contribution in [2.24, 2.45) is 0 Å². The third-order valence-electron chi connectivity index (χ3n) is 3.38. The number of nitrogens with zero attached hydrogens (tertiary/aromatic N) is 4. The van der Waals surface area contributed by atoms with E-state index in [2.05, 4.69) is 31.4 Å². The van der Waals surface area contributed by atoms with Crippen molar-refractivity contribution in [3.63, 3.8) is 0 Å². The average Bonchev–Trinajstić information content (AvgIpc) is 3.17. The van der Waals surface area contributed by atoms with Crippen LogP contribution in [0.4, 0.5) is 4.79 Å². The number of halogens is 1. The minimum absolute atomic E-state index is 0.0508. The molecule has 132 valence electrons. The number of benzene rings is 1. The zero-order valence-corrected chi connectivity index (χ0v) is 15.4. The first-order chi connectivity index (χ1) is 12.0. The van der Waals surface area contributed by atoms with Gasteiger partial charge in [0.25, 0.3) is 0 Å².